The highest BCUT2D eigenvalue weighted by Gasteiger charge is 2.11. The quantitative estimate of drug-likeness (QED) is 0.466. The van der Waals surface area contributed by atoms with E-state index >= 15 is 0 Å². The summed E-state index contributed by atoms with van der Waals surface area (Å²) in [6.45, 7) is 4.13. The minimum Gasteiger partial charge on any atom is -0.469 e. The Kier molecular flexibility index (Phi) is 7.63. The van der Waals surface area contributed by atoms with Gasteiger partial charge in [-0.1, -0.05) is 6.92 Å². The molecule has 0 aliphatic heterocycles. The molecule has 0 bridgehead atoms. The van der Waals surface area contributed by atoms with Gasteiger partial charge in [0, 0.05) is 20.3 Å². The first-order valence-corrected chi connectivity index (χ1v) is 4.49. The van der Waals surface area contributed by atoms with Crippen molar-refractivity contribution in [1.82, 2.24) is 5.32 Å². The first-order valence-electron chi connectivity index (χ1n) is 4.49. The first kappa shape index (κ1) is 12.4. The van der Waals surface area contributed by atoms with E-state index < -0.39 is 0 Å². The van der Waals surface area contributed by atoms with Crippen LogP contribution in [0.15, 0.2) is 0 Å². The molecule has 0 heterocycles. The van der Waals surface area contributed by atoms with E-state index in [-0.39, 0.29) is 11.9 Å². The molecule has 78 valence electrons. The molecule has 4 heteroatoms. The van der Waals surface area contributed by atoms with Gasteiger partial charge in [0.15, 0.2) is 0 Å². The van der Waals surface area contributed by atoms with Crippen molar-refractivity contribution in [2.24, 2.45) is 5.92 Å². The summed E-state index contributed by atoms with van der Waals surface area (Å²) in [6.07, 6.45) is 0.963. The molecule has 0 aliphatic rings. The molecule has 0 aliphatic carbocycles. The summed E-state index contributed by atoms with van der Waals surface area (Å²) in [6, 6.07) is 0. The summed E-state index contributed by atoms with van der Waals surface area (Å²) in [7, 11) is 3.08. The van der Waals surface area contributed by atoms with Crippen molar-refractivity contribution in [3.05, 3.63) is 0 Å². The van der Waals surface area contributed by atoms with Crippen LogP contribution in [-0.4, -0.2) is 39.9 Å². The largest absolute Gasteiger partial charge is 0.469 e. The zero-order chi connectivity index (χ0) is 10.1. The monoisotopic (exact) mass is 189 g/mol. The van der Waals surface area contributed by atoms with Crippen LogP contribution in [0.4, 0.5) is 0 Å². The number of hydrogen-bond acceptors (Lipinski definition) is 4. The van der Waals surface area contributed by atoms with Crippen LogP contribution in [0.3, 0.4) is 0 Å². The van der Waals surface area contributed by atoms with Gasteiger partial charge in [-0.2, -0.15) is 0 Å². The third kappa shape index (κ3) is 6.54. The Morgan fingerprint density at radius 1 is 1.46 bits per heavy atom. The number of carbonyl (C=O) groups is 1. The molecule has 0 spiro atoms. The van der Waals surface area contributed by atoms with Crippen molar-refractivity contribution < 1.29 is 14.3 Å². The van der Waals surface area contributed by atoms with E-state index in [0.29, 0.717) is 6.54 Å². The molecular formula is C9H19NO3. The summed E-state index contributed by atoms with van der Waals surface area (Å²) >= 11 is 0. The maximum absolute atomic E-state index is 10.9. The zero-order valence-electron chi connectivity index (χ0n) is 8.63. The molecule has 0 fully saturated rings. The lowest BCUT2D eigenvalue weighted by atomic mass is 10.2. The molecule has 0 aromatic heterocycles. The first-order chi connectivity index (χ1) is 6.22. The molecule has 0 radical (unpaired) electrons. The third-order valence-electron chi connectivity index (χ3n) is 1.76. The van der Waals surface area contributed by atoms with Gasteiger partial charge in [-0.05, 0) is 13.0 Å². The topological polar surface area (TPSA) is 47.6 Å². The van der Waals surface area contributed by atoms with E-state index in [2.05, 4.69) is 10.1 Å². The Bertz CT molecular complexity index is 139. The van der Waals surface area contributed by atoms with Crippen LogP contribution >= 0.6 is 0 Å². The lowest BCUT2D eigenvalue weighted by molar-refractivity contribution is -0.144. The molecule has 0 saturated heterocycles. The zero-order valence-corrected chi connectivity index (χ0v) is 8.63. The van der Waals surface area contributed by atoms with Gasteiger partial charge >= 0.3 is 5.97 Å². The maximum atomic E-state index is 10.9. The highest BCUT2D eigenvalue weighted by atomic mass is 16.5. The highest BCUT2D eigenvalue weighted by Crippen LogP contribution is 1.94. The number of carbonyl (C=O) groups excluding carboxylic acids is 1. The molecule has 4 nitrogen and oxygen atoms in total. The average molecular weight is 189 g/mol. The van der Waals surface area contributed by atoms with Gasteiger partial charge in [0.05, 0.1) is 13.0 Å². The number of rotatable bonds is 7. The third-order valence-corrected chi connectivity index (χ3v) is 1.76. The number of hydrogen-bond donors (Lipinski definition) is 1. The van der Waals surface area contributed by atoms with Crippen molar-refractivity contribution in [3.8, 4) is 0 Å². The van der Waals surface area contributed by atoms with Crippen LogP contribution in [0.25, 0.3) is 0 Å². The molecule has 0 rings (SSSR count). The van der Waals surface area contributed by atoms with Crippen molar-refractivity contribution in [1.29, 1.82) is 0 Å². The van der Waals surface area contributed by atoms with Crippen molar-refractivity contribution >= 4 is 5.97 Å². The predicted molar refractivity (Wildman–Crippen MR) is 50.5 cm³/mol. The summed E-state index contributed by atoms with van der Waals surface area (Å²) < 4.78 is 9.47. The Balaban J connectivity index is 3.26. The Labute approximate surface area is 79.6 Å². The van der Waals surface area contributed by atoms with Gasteiger partial charge in [-0.15, -0.1) is 0 Å². The lowest BCUT2D eigenvalue weighted by Crippen LogP contribution is -2.28. The van der Waals surface area contributed by atoms with Gasteiger partial charge < -0.3 is 14.8 Å². The molecule has 0 aromatic carbocycles. The molecule has 0 aromatic rings. The van der Waals surface area contributed by atoms with Crippen LogP contribution in [0.1, 0.15) is 13.3 Å². The summed E-state index contributed by atoms with van der Waals surface area (Å²) in [5.41, 5.74) is 0. The second kappa shape index (κ2) is 8.01. The van der Waals surface area contributed by atoms with Gasteiger partial charge in [0.1, 0.15) is 0 Å². The SMILES string of the molecule is COCCCNCC(C)C(=O)OC. The van der Waals surface area contributed by atoms with E-state index in [1.165, 1.54) is 7.11 Å². The van der Waals surface area contributed by atoms with E-state index in [0.717, 1.165) is 19.6 Å². The molecule has 1 unspecified atom stereocenters. The Morgan fingerprint density at radius 3 is 2.69 bits per heavy atom. The van der Waals surface area contributed by atoms with Gasteiger partial charge in [0.25, 0.3) is 0 Å². The molecule has 0 amide bonds. The molecule has 13 heavy (non-hydrogen) atoms. The van der Waals surface area contributed by atoms with E-state index in [1.807, 2.05) is 6.92 Å². The minimum atomic E-state index is -0.167. The minimum absolute atomic E-state index is 0.0763. The molecule has 0 saturated carbocycles. The van der Waals surface area contributed by atoms with Crippen molar-refractivity contribution in [2.45, 2.75) is 13.3 Å². The van der Waals surface area contributed by atoms with Crippen LogP contribution < -0.4 is 5.32 Å². The van der Waals surface area contributed by atoms with Gasteiger partial charge in [-0.25, -0.2) is 0 Å². The Morgan fingerprint density at radius 2 is 2.15 bits per heavy atom. The summed E-state index contributed by atoms with van der Waals surface area (Å²) in [5, 5.41) is 3.15. The van der Waals surface area contributed by atoms with E-state index in [4.69, 9.17) is 4.74 Å². The fourth-order valence-electron chi connectivity index (χ4n) is 0.945. The fraction of sp³-hybridized carbons (Fsp3) is 0.889. The van der Waals surface area contributed by atoms with Crippen LogP contribution in [-0.2, 0) is 14.3 Å². The molecule has 1 atom stereocenters. The van der Waals surface area contributed by atoms with E-state index in [9.17, 15) is 4.79 Å². The number of methoxy groups -OCH3 is 2. The van der Waals surface area contributed by atoms with Gasteiger partial charge in [-0.3, -0.25) is 4.79 Å². The smallest absolute Gasteiger partial charge is 0.309 e. The van der Waals surface area contributed by atoms with Gasteiger partial charge in [0.2, 0.25) is 0 Å². The van der Waals surface area contributed by atoms with Crippen molar-refractivity contribution in [2.75, 3.05) is 33.9 Å². The lowest BCUT2D eigenvalue weighted by Gasteiger charge is -2.09. The number of ether oxygens (including phenoxy) is 2. The second-order valence-corrected chi connectivity index (χ2v) is 2.97. The summed E-state index contributed by atoms with van der Waals surface area (Å²) in [5.74, 6) is -0.244. The van der Waals surface area contributed by atoms with Crippen LogP contribution in [0.5, 0.6) is 0 Å². The number of esters is 1. The summed E-state index contributed by atoms with van der Waals surface area (Å²) in [4.78, 5) is 10.9. The molecular weight excluding hydrogens is 170 g/mol. The molecule has 1 N–H and O–H groups in total. The van der Waals surface area contributed by atoms with E-state index in [1.54, 1.807) is 7.11 Å². The van der Waals surface area contributed by atoms with Crippen LogP contribution in [0, 0.1) is 5.92 Å². The fourth-order valence-corrected chi connectivity index (χ4v) is 0.945. The standard InChI is InChI=1S/C9H19NO3/c1-8(9(11)13-3)7-10-5-4-6-12-2/h8,10H,4-7H2,1-3H3. The number of nitrogens with one attached hydrogen (secondary N) is 1. The second-order valence-electron chi connectivity index (χ2n) is 2.97. The predicted octanol–water partition coefficient (Wildman–Crippen LogP) is 0.422. The van der Waals surface area contributed by atoms with Crippen molar-refractivity contribution in [3.63, 3.8) is 0 Å². The average Bonchev–Trinajstić information content (AvgIpc) is 2.16. The normalized spacial score (nSPS) is 12.5. The van der Waals surface area contributed by atoms with Crippen LogP contribution in [0.2, 0.25) is 0 Å². The Hall–Kier alpha value is -0.610. The maximum Gasteiger partial charge on any atom is 0.309 e. The highest BCUT2D eigenvalue weighted by molar-refractivity contribution is 5.71.